The standard InChI is InChI=1S/C48H30N2O/c1-3-15-31(16-4-1)49-40-26-9-7-19-37(40)45-33(21-12-28-42(45)49)34-23-14-30-44-47(34)39-25-11-24-36(48(39)51-44)35-22-13-29-43-46(35)38-20-8-10-27-41(38)50(43)32-17-5-2-6-18-32/h1-30H. The van der Waals surface area contributed by atoms with Crippen LogP contribution in [0.2, 0.25) is 0 Å². The third-order valence-corrected chi connectivity index (χ3v) is 10.5. The van der Waals surface area contributed by atoms with Gasteiger partial charge >= 0.3 is 0 Å². The Kier molecular flexibility index (Phi) is 5.96. The van der Waals surface area contributed by atoms with Crippen molar-refractivity contribution >= 4 is 65.6 Å². The Bertz CT molecular complexity index is 3130. The summed E-state index contributed by atoms with van der Waals surface area (Å²) < 4.78 is 11.7. The van der Waals surface area contributed by atoms with Crippen LogP contribution in [0.3, 0.4) is 0 Å². The van der Waals surface area contributed by atoms with E-state index in [0.29, 0.717) is 0 Å². The van der Waals surface area contributed by atoms with Crippen molar-refractivity contribution in [2.45, 2.75) is 0 Å². The van der Waals surface area contributed by atoms with Gasteiger partial charge in [-0.15, -0.1) is 0 Å². The first-order chi connectivity index (χ1) is 25.3. The minimum Gasteiger partial charge on any atom is -0.455 e. The number of hydrogen-bond donors (Lipinski definition) is 0. The van der Waals surface area contributed by atoms with E-state index in [4.69, 9.17) is 4.42 Å². The van der Waals surface area contributed by atoms with Gasteiger partial charge < -0.3 is 13.6 Å². The highest BCUT2D eigenvalue weighted by Gasteiger charge is 2.22. The molecular weight excluding hydrogens is 621 g/mol. The molecule has 3 aromatic heterocycles. The fraction of sp³-hybridized carbons (Fsp3) is 0. The fourth-order valence-corrected chi connectivity index (χ4v) is 8.48. The van der Waals surface area contributed by atoms with E-state index < -0.39 is 0 Å². The summed E-state index contributed by atoms with van der Waals surface area (Å²) in [4.78, 5) is 0. The topological polar surface area (TPSA) is 23.0 Å². The zero-order valence-electron chi connectivity index (χ0n) is 27.6. The molecule has 0 bridgehead atoms. The van der Waals surface area contributed by atoms with Crippen LogP contribution in [0, 0.1) is 0 Å². The molecule has 51 heavy (non-hydrogen) atoms. The minimum atomic E-state index is 0.887. The molecule has 0 spiro atoms. The summed E-state index contributed by atoms with van der Waals surface area (Å²) in [5.41, 5.74) is 13.5. The van der Waals surface area contributed by atoms with Crippen LogP contribution in [0.4, 0.5) is 0 Å². The van der Waals surface area contributed by atoms with Crippen LogP contribution in [0.25, 0.3) is 99.2 Å². The van der Waals surface area contributed by atoms with Crippen LogP contribution in [0.5, 0.6) is 0 Å². The van der Waals surface area contributed by atoms with Crippen molar-refractivity contribution in [2.24, 2.45) is 0 Å². The third-order valence-electron chi connectivity index (χ3n) is 10.5. The maximum Gasteiger partial charge on any atom is 0.143 e. The highest BCUT2D eigenvalue weighted by molar-refractivity contribution is 6.23. The molecule has 3 heterocycles. The number of hydrogen-bond acceptors (Lipinski definition) is 1. The summed E-state index contributed by atoms with van der Waals surface area (Å²) in [6.45, 7) is 0. The number of para-hydroxylation sites is 5. The maximum absolute atomic E-state index is 6.91. The zero-order chi connectivity index (χ0) is 33.5. The van der Waals surface area contributed by atoms with Crippen molar-refractivity contribution in [2.75, 3.05) is 0 Å². The molecular formula is C48H30N2O. The molecule has 11 rings (SSSR count). The molecule has 238 valence electrons. The van der Waals surface area contributed by atoms with E-state index in [2.05, 4.69) is 191 Å². The van der Waals surface area contributed by atoms with E-state index >= 15 is 0 Å². The quantitative estimate of drug-likeness (QED) is 0.186. The number of aromatic nitrogens is 2. The summed E-state index contributed by atoms with van der Waals surface area (Å²) in [6, 6.07) is 65.2. The minimum absolute atomic E-state index is 0.887. The Morgan fingerprint density at radius 3 is 1.29 bits per heavy atom. The predicted molar refractivity (Wildman–Crippen MR) is 213 cm³/mol. The Hall–Kier alpha value is -6.84. The third kappa shape index (κ3) is 4.00. The van der Waals surface area contributed by atoms with Crippen LogP contribution in [-0.4, -0.2) is 9.13 Å². The SMILES string of the molecule is c1ccc(-n2c3ccccc3c3c(-c4cccc5c4oc4cccc(-c6cccc7c6c6ccccc6n7-c6ccccc6)c45)cccc32)cc1. The van der Waals surface area contributed by atoms with Gasteiger partial charge in [0.15, 0.2) is 0 Å². The highest BCUT2D eigenvalue weighted by atomic mass is 16.3. The number of rotatable bonds is 4. The maximum atomic E-state index is 6.91. The van der Waals surface area contributed by atoms with Gasteiger partial charge in [-0.1, -0.05) is 127 Å². The van der Waals surface area contributed by atoms with E-state index in [1.165, 1.54) is 54.7 Å². The monoisotopic (exact) mass is 650 g/mol. The van der Waals surface area contributed by atoms with Crippen molar-refractivity contribution in [3.8, 4) is 33.6 Å². The van der Waals surface area contributed by atoms with Gasteiger partial charge in [-0.05, 0) is 71.3 Å². The predicted octanol–water partition coefficient (Wildman–Crippen LogP) is 13.1. The summed E-state index contributed by atoms with van der Waals surface area (Å²) in [7, 11) is 0. The normalized spacial score (nSPS) is 11.9. The second kappa shape index (κ2) is 10.8. The molecule has 0 amide bonds. The van der Waals surface area contributed by atoms with Gasteiger partial charge in [-0.3, -0.25) is 0 Å². The fourth-order valence-electron chi connectivity index (χ4n) is 8.48. The Morgan fingerprint density at radius 1 is 0.294 bits per heavy atom. The Balaban J connectivity index is 1.19. The van der Waals surface area contributed by atoms with Crippen LogP contribution in [0.1, 0.15) is 0 Å². The first-order valence-corrected chi connectivity index (χ1v) is 17.5. The molecule has 0 radical (unpaired) electrons. The Labute approximate surface area is 293 Å². The molecule has 0 aliphatic carbocycles. The van der Waals surface area contributed by atoms with Crippen LogP contribution >= 0.6 is 0 Å². The molecule has 0 fully saturated rings. The van der Waals surface area contributed by atoms with E-state index in [-0.39, 0.29) is 0 Å². The largest absolute Gasteiger partial charge is 0.455 e. The molecule has 0 atom stereocenters. The number of furan rings is 1. The molecule has 0 N–H and O–H groups in total. The number of benzene rings is 8. The van der Waals surface area contributed by atoms with Gasteiger partial charge in [0.05, 0.1) is 22.1 Å². The lowest BCUT2D eigenvalue weighted by Crippen LogP contribution is -1.93. The highest BCUT2D eigenvalue weighted by Crippen LogP contribution is 2.46. The van der Waals surface area contributed by atoms with Crippen molar-refractivity contribution in [3.05, 3.63) is 182 Å². The lowest BCUT2D eigenvalue weighted by atomic mass is 9.94. The van der Waals surface area contributed by atoms with Crippen molar-refractivity contribution in [1.82, 2.24) is 9.13 Å². The molecule has 0 aliphatic heterocycles. The smallest absolute Gasteiger partial charge is 0.143 e. The average molecular weight is 651 g/mol. The zero-order valence-corrected chi connectivity index (χ0v) is 27.6. The van der Waals surface area contributed by atoms with Gasteiger partial charge in [0.1, 0.15) is 11.2 Å². The Morgan fingerprint density at radius 2 is 0.706 bits per heavy atom. The number of fused-ring (bicyclic) bond motifs is 9. The summed E-state index contributed by atoms with van der Waals surface area (Å²) >= 11 is 0. The van der Waals surface area contributed by atoms with Crippen LogP contribution in [-0.2, 0) is 0 Å². The molecule has 8 aromatic carbocycles. The van der Waals surface area contributed by atoms with Gasteiger partial charge in [0.2, 0.25) is 0 Å². The first-order valence-electron chi connectivity index (χ1n) is 17.5. The molecule has 11 aromatic rings. The van der Waals surface area contributed by atoms with Crippen molar-refractivity contribution < 1.29 is 4.42 Å². The molecule has 3 nitrogen and oxygen atoms in total. The van der Waals surface area contributed by atoms with E-state index in [9.17, 15) is 0 Å². The average Bonchev–Trinajstić information content (AvgIpc) is 3.86. The van der Waals surface area contributed by atoms with Crippen LogP contribution in [0.15, 0.2) is 186 Å². The summed E-state index contributed by atoms with van der Waals surface area (Å²) in [5.74, 6) is 0. The van der Waals surface area contributed by atoms with Crippen molar-refractivity contribution in [3.63, 3.8) is 0 Å². The number of nitrogens with zero attached hydrogens (tertiary/aromatic N) is 2. The van der Waals surface area contributed by atoms with E-state index in [1.54, 1.807) is 0 Å². The molecule has 0 saturated carbocycles. The van der Waals surface area contributed by atoms with Gasteiger partial charge in [0, 0.05) is 49.3 Å². The summed E-state index contributed by atoms with van der Waals surface area (Å²) in [5, 5.41) is 7.18. The lowest BCUT2D eigenvalue weighted by molar-refractivity contribution is 0.670. The molecule has 3 heteroatoms. The lowest BCUT2D eigenvalue weighted by Gasteiger charge is -2.10. The van der Waals surface area contributed by atoms with E-state index in [0.717, 1.165) is 44.4 Å². The van der Waals surface area contributed by atoms with Gasteiger partial charge in [0.25, 0.3) is 0 Å². The second-order valence-corrected chi connectivity index (χ2v) is 13.2. The molecule has 0 saturated heterocycles. The van der Waals surface area contributed by atoms with Gasteiger partial charge in [-0.25, -0.2) is 0 Å². The summed E-state index contributed by atoms with van der Waals surface area (Å²) in [6.07, 6.45) is 0. The molecule has 0 aliphatic rings. The van der Waals surface area contributed by atoms with E-state index in [1.807, 2.05) is 0 Å². The first kappa shape index (κ1) is 28.0. The second-order valence-electron chi connectivity index (χ2n) is 13.2. The van der Waals surface area contributed by atoms with Crippen LogP contribution < -0.4 is 0 Å². The van der Waals surface area contributed by atoms with Crippen molar-refractivity contribution in [1.29, 1.82) is 0 Å². The molecule has 0 unspecified atom stereocenters. The van der Waals surface area contributed by atoms with Gasteiger partial charge in [-0.2, -0.15) is 0 Å².